The van der Waals surface area contributed by atoms with Crippen molar-refractivity contribution in [3.63, 3.8) is 0 Å². The van der Waals surface area contributed by atoms with Crippen molar-refractivity contribution in [3.8, 4) is 0 Å². The molecule has 0 radical (unpaired) electrons. The minimum absolute atomic E-state index is 0.457. The molecule has 2 rings (SSSR count). The zero-order valence-electron chi connectivity index (χ0n) is 9.43. The van der Waals surface area contributed by atoms with Crippen LogP contribution >= 0.6 is 0 Å². The number of alkyl halides is 2. The Labute approximate surface area is 91.4 Å². The molecule has 0 spiro atoms. The Hall–Kier alpha value is -0.140. The van der Waals surface area contributed by atoms with Crippen molar-refractivity contribution in [3.05, 3.63) is 0 Å². The average molecular weight is 216 g/mol. The quantitative estimate of drug-likeness (QED) is 0.640. The van der Waals surface area contributed by atoms with Gasteiger partial charge in [-0.05, 0) is 37.5 Å². The van der Waals surface area contributed by atoms with E-state index in [1.54, 1.807) is 0 Å². The molecule has 0 aliphatic heterocycles. The molecule has 3 atom stereocenters. The van der Waals surface area contributed by atoms with Gasteiger partial charge in [-0.2, -0.15) is 0 Å². The molecule has 2 aliphatic rings. The molecule has 0 bridgehead atoms. The van der Waals surface area contributed by atoms with Gasteiger partial charge in [0.15, 0.2) is 0 Å². The fourth-order valence-corrected chi connectivity index (χ4v) is 3.27. The molecule has 15 heavy (non-hydrogen) atoms. The van der Waals surface area contributed by atoms with Crippen LogP contribution in [0, 0.1) is 11.8 Å². The molecular formula is C13H22F2. The Balaban J connectivity index is 1.74. The van der Waals surface area contributed by atoms with E-state index >= 15 is 0 Å². The standard InChI is InChI=1S/C13H22F2/c14-12-7-6-11(9-13(12)15)8-10-4-2-1-3-5-10/h10-13H,1-9H2. The molecule has 0 amide bonds. The second kappa shape index (κ2) is 5.27. The van der Waals surface area contributed by atoms with Gasteiger partial charge in [0.1, 0.15) is 12.3 Å². The van der Waals surface area contributed by atoms with E-state index in [0.717, 1.165) is 18.8 Å². The predicted molar refractivity (Wildman–Crippen MR) is 58.3 cm³/mol. The molecule has 0 saturated heterocycles. The second-order valence-corrected chi connectivity index (χ2v) is 5.45. The van der Waals surface area contributed by atoms with Crippen molar-refractivity contribution in [1.82, 2.24) is 0 Å². The monoisotopic (exact) mass is 216 g/mol. The average Bonchev–Trinajstić information content (AvgIpc) is 2.25. The van der Waals surface area contributed by atoms with Gasteiger partial charge in [0, 0.05) is 0 Å². The van der Waals surface area contributed by atoms with Crippen LogP contribution in [0.25, 0.3) is 0 Å². The minimum Gasteiger partial charge on any atom is -0.244 e. The van der Waals surface area contributed by atoms with E-state index in [4.69, 9.17) is 0 Å². The highest BCUT2D eigenvalue weighted by Crippen LogP contribution is 2.36. The summed E-state index contributed by atoms with van der Waals surface area (Å²) >= 11 is 0. The van der Waals surface area contributed by atoms with Crippen molar-refractivity contribution in [2.75, 3.05) is 0 Å². The third-order valence-corrected chi connectivity index (χ3v) is 4.19. The molecule has 2 fully saturated rings. The molecule has 0 nitrogen and oxygen atoms in total. The van der Waals surface area contributed by atoms with Crippen molar-refractivity contribution in [2.24, 2.45) is 11.8 Å². The summed E-state index contributed by atoms with van der Waals surface area (Å²) in [6.45, 7) is 0. The largest absolute Gasteiger partial charge is 0.244 e. The molecule has 2 heteroatoms. The van der Waals surface area contributed by atoms with Crippen LogP contribution in [-0.4, -0.2) is 12.3 Å². The molecule has 0 aromatic heterocycles. The molecule has 0 heterocycles. The Kier molecular flexibility index (Phi) is 3.99. The number of hydrogen-bond donors (Lipinski definition) is 0. The van der Waals surface area contributed by atoms with Crippen LogP contribution in [0.4, 0.5) is 8.78 Å². The SMILES string of the molecule is FC1CCC(CC2CCCCC2)CC1F. The topological polar surface area (TPSA) is 0 Å². The van der Waals surface area contributed by atoms with Crippen LogP contribution in [0.2, 0.25) is 0 Å². The molecule has 3 unspecified atom stereocenters. The Morgan fingerprint density at radius 2 is 1.47 bits per heavy atom. The minimum atomic E-state index is -1.17. The molecule has 0 aromatic carbocycles. The van der Waals surface area contributed by atoms with Crippen LogP contribution in [0.3, 0.4) is 0 Å². The number of halogens is 2. The van der Waals surface area contributed by atoms with Gasteiger partial charge >= 0.3 is 0 Å². The van der Waals surface area contributed by atoms with Crippen LogP contribution < -0.4 is 0 Å². The molecule has 88 valence electrons. The summed E-state index contributed by atoms with van der Waals surface area (Å²) in [5.41, 5.74) is 0. The van der Waals surface area contributed by atoms with Crippen molar-refractivity contribution < 1.29 is 8.78 Å². The first-order valence-electron chi connectivity index (χ1n) is 6.54. The van der Waals surface area contributed by atoms with Gasteiger partial charge in [-0.15, -0.1) is 0 Å². The first-order valence-corrected chi connectivity index (χ1v) is 6.54. The third-order valence-electron chi connectivity index (χ3n) is 4.19. The highest BCUT2D eigenvalue weighted by Gasteiger charge is 2.31. The van der Waals surface area contributed by atoms with Gasteiger partial charge in [0.25, 0.3) is 0 Å². The lowest BCUT2D eigenvalue weighted by Crippen LogP contribution is -2.28. The summed E-state index contributed by atoms with van der Waals surface area (Å²) in [6, 6.07) is 0. The number of hydrogen-bond acceptors (Lipinski definition) is 0. The lowest BCUT2D eigenvalue weighted by atomic mass is 9.77. The van der Waals surface area contributed by atoms with E-state index in [0.29, 0.717) is 18.8 Å². The van der Waals surface area contributed by atoms with Crippen LogP contribution in [0.5, 0.6) is 0 Å². The van der Waals surface area contributed by atoms with E-state index in [1.165, 1.54) is 32.1 Å². The van der Waals surface area contributed by atoms with Gasteiger partial charge in [-0.1, -0.05) is 32.1 Å². The van der Waals surface area contributed by atoms with E-state index in [-0.39, 0.29) is 0 Å². The molecule has 0 aromatic rings. The first kappa shape index (κ1) is 11.3. The Morgan fingerprint density at radius 1 is 0.733 bits per heavy atom. The summed E-state index contributed by atoms with van der Waals surface area (Å²) < 4.78 is 26.2. The summed E-state index contributed by atoms with van der Waals surface area (Å²) in [7, 11) is 0. The maximum Gasteiger partial charge on any atom is 0.131 e. The van der Waals surface area contributed by atoms with E-state index in [2.05, 4.69) is 0 Å². The Morgan fingerprint density at radius 3 is 2.13 bits per heavy atom. The van der Waals surface area contributed by atoms with E-state index in [1.807, 2.05) is 0 Å². The number of rotatable bonds is 2. The van der Waals surface area contributed by atoms with Gasteiger partial charge in [-0.25, -0.2) is 8.78 Å². The molecular weight excluding hydrogens is 194 g/mol. The van der Waals surface area contributed by atoms with Gasteiger partial charge in [0.2, 0.25) is 0 Å². The zero-order chi connectivity index (χ0) is 10.7. The van der Waals surface area contributed by atoms with Crippen LogP contribution in [0.15, 0.2) is 0 Å². The zero-order valence-corrected chi connectivity index (χ0v) is 9.43. The van der Waals surface area contributed by atoms with Gasteiger partial charge < -0.3 is 0 Å². The lowest BCUT2D eigenvalue weighted by molar-refractivity contribution is 0.0781. The maximum absolute atomic E-state index is 13.2. The van der Waals surface area contributed by atoms with Crippen molar-refractivity contribution in [1.29, 1.82) is 0 Å². The predicted octanol–water partition coefficient (Wildman–Crippen LogP) is 4.43. The lowest BCUT2D eigenvalue weighted by Gasteiger charge is -2.31. The van der Waals surface area contributed by atoms with Crippen molar-refractivity contribution in [2.45, 2.75) is 70.1 Å². The summed E-state index contributed by atoms with van der Waals surface area (Å²) in [6.07, 6.45) is 7.39. The van der Waals surface area contributed by atoms with Gasteiger partial charge in [-0.3, -0.25) is 0 Å². The smallest absolute Gasteiger partial charge is 0.131 e. The fraction of sp³-hybridized carbons (Fsp3) is 1.00. The normalized spacial score (nSPS) is 39.2. The second-order valence-electron chi connectivity index (χ2n) is 5.45. The summed E-state index contributed by atoms with van der Waals surface area (Å²) in [5.74, 6) is 1.28. The molecule has 0 N–H and O–H groups in total. The van der Waals surface area contributed by atoms with E-state index < -0.39 is 12.3 Å². The molecule has 2 saturated carbocycles. The molecule has 2 aliphatic carbocycles. The summed E-state index contributed by atoms with van der Waals surface area (Å²) in [4.78, 5) is 0. The summed E-state index contributed by atoms with van der Waals surface area (Å²) in [5, 5.41) is 0. The van der Waals surface area contributed by atoms with Crippen molar-refractivity contribution >= 4 is 0 Å². The van der Waals surface area contributed by atoms with Gasteiger partial charge in [0.05, 0.1) is 0 Å². The third kappa shape index (κ3) is 3.15. The first-order chi connectivity index (χ1) is 7.25. The van der Waals surface area contributed by atoms with Crippen LogP contribution in [0.1, 0.15) is 57.8 Å². The van der Waals surface area contributed by atoms with E-state index in [9.17, 15) is 8.78 Å². The highest BCUT2D eigenvalue weighted by molar-refractivity contribution is 4.81. The highest BCUT2D eigenvalue weighted by atomic mass is 19.2. The van der Waals surface area contributed by atoms with Crippen LogP contribution in [-0.2, 0) is 0 Å². The Bertz CT molecular complexity index is 187. The fourth-order valence-electron chi connectivity index (χ4n) is 3.27. The maximum atomic E-state index is 13.2.